The van der Waals surface area contributed by atoms with Gasteiger partial charge in [0.15, 0.2) is 0 Å². The average molecular weight is 217 g/mol. The Labute approximate surface area is 91.7 Å². The van der Waals surface area contributed by atoms with Crippen LogP contribution >= 0.6 is 0 Å². The van der Waals surface area contributed by atoms with Crippen LogP contribution in [-0.4, -0.2) is 14.6 Å². The molecule has 0 unspecified atom stereocenters. The van der Waals surface area contributed by atoms with Crippen LogP contribution in [0, 0.1) is 6.92 Å². The molecule has 6 nitrogen and oxygen atoms in total. The van der Waals surface area contributed by atoms with Gasteiger partial charge in [-0.3, -0.25) is 9.78 Å². The van der Waals surface area contributed by atoms with Gasteiger partial charge >= 0.3 is 0 Å². The monoisotopic (exact) mass is 217 g/mol. The van der Waals surface area contributed by atoms with Gasteiger partial charge in [0.1, 0.15) is 0 Å². The molecule has 2 aromatic heterocycles. The lowest BCUT2D eigenvalue weighted by atomic mass is 10.4. The Morgan fingerprint density at radius 1 is 1.44 bits per heavy atom. The Hall–Kier alpha value is -2.37. The molecule has 0 saturated heterocycles. The number of pyridine rings is 1. The van der Waals surface area contributed by atoms with Crippen molar-refractivity contribution in [2.75, 3.05) is 11.2 Å². The molecule has 0 atom stereocenters. The van der Waals surface area contributed by atoms with Crippen LogP contribution in [0.25, 0.3) is 0 Å². The number of aromatic nitrogens is 3. The van der Waals surface area contributed by atoms with Gasteiger partial charge in [-0.15, -0.1) is 0 Å². The predicted octanol–water partition coefficient (Wildman–Crippen LogP) is 0.404. The molecule has 82 valence electrons. The van der Waals surface area contributed by atoms with Gasteiger partial charge in [0, 0.05) is 18.0 Å². The number of nitrogen functional groups attached to an aromatic ring is 1. The fourth-order valence-corrected chi connectivity index (χ4v) is 1.22. The van der Waals surface area contributed by atoms with Crippen LogP contribution in [0.2, 0.25) is 0 Å². The molecule has 0 radical (unpaired) electrons. The summed E-state index contributed by atoms with van der Waals surface area (Å²) in [6.45, 7) is 1.66. The highest BCUT2D eigenvalue weighted by molar-refractivity contribution is 5.51. The van der Waals surface area contributed by atoms with Gasteiger partial charge in [-0.2, -0.15) is 4.68 Å². The Bertz CT molecular complexity index is 549. The van der Waals surface area contributed by atoms with Crippen molar-refractivity contribution in [3.8, 4) is 0 Å². The molecule has 0 aliphatic rings. The van der Waals surface area contributed by atoms with E-state index in [0.29, 0.717) is 5.56 Å². The summed E-state index contributed by atoms with van der Waals surface area (Å²) >= 11 is 0. The first-order chi connectivity index (χ1) is 7.68. The number of anilines is 2. The maximum Gasteiger partial charge on any atom is 0.276 e. The van der Waals surface area contributed by atoms with E-state index in [4.69, 9.17) is 5.84 Å². The number of rotatable bonds is 2. The molecule has 0 amide bonds. The zero-order valence-corrected chi connectivity index (χ0v) is 8.71. The number of aryl methyl sites for hydroxylation is 1. The van der Waals surface area contributed by atoms with Crippen molar-refractivity contribution >= 4 is 11.6 Å². The predicted molar refractivity (Wildman–Crippen MR) is 60.9 cm³/mol. The molecule has 16 heavy (non-hydrogen) atoms. The van der Waals surface area contributed by atoms with E-state index >= 15 is 0 Å². The highest BCUT2D eigenvalue weighted by Gasteiger charge is 2.04. The van der Waals surface area contributed by atoms with Crippen molar-refractivity contribution in [2.24, 2.45) is 0 Å². The molecule has 2 aromatic rings. The number of hydrogen-bond acceptors (Lipinski definition) is 5. The van der Waals surface area contributed by atoms with E-state index < -0.39 is 0 Å². The van der Waals surface area contributed by atoms with E-state index in [1.807, 2.05) is 0 Å². The third kappa shape index (κ3) is 1.85. The molecule has 6 heteroatoms. The molecule has 2 heterocycles. The molecule has 0 fully saturated rings. The zero-order valence-electron chi connectivity index (χ0n) is 8.71. The second-order valence-electron chi connectivity index (χ2n) is 3.31. The van der Waals surface area contributed by atoms with E-state index in [2.05, 4.69) is 15.3 Å². The molecular formula is C10H11N5O. The van der Waals surface area contributed by atoms with Gasteiger partial charge in [0.2, 0.25) is 5.95 Å². The summed E-state index contributed by atoms with van der Waals surface area (Å²) in [7, 11) is 0. The molecular weight excluding hydrogens is 206 g/mol. The van der Waals surface area contributed by atoms with E-state index in [9.17, 15) is 4.79 Å². The van der Waals surface area contributed by atoms with Gasteiger partial charge in [-0.1, -0.05) is 0 Å². The number of nitrogens with two attached hydrogens (primary N) is 1. The maximum atomic E-state index is 11.5. The average Bonchev–Trinajstić information content (AvgIpc) is 2.31. The van der Waals surface area contributed by atoms with Crippen molar-refractivity contribution in [3.63, 3.8) is 0 Å². The first-order valence-electron chi connectivity index (χ1n) is 4.69. The lowest BCUT2D eigenvalue weighted by molar-refractivity contribution is 0.886. The summed E-state index contributed by atoms with van der Waals surface area (Å²) < 4.78 is 0.975. The van der Waals surface area contributed by atoms with Crippen molar-refractivity contribution in [2.45, 2.75) is 6.92 Å². The molecule has 2 rings (SSSR count). The minimum atomic E-state index is -0.276. The van der Waals surface area contributed by atoms with Crippen LogP contribution in [0.4, 0.5) is 11.6 Å². The van der Waals surface area contributed by atoms with E-state index in [1.165, 1.54) is 6.20 Å². The van der Waals surface area contributed by atoms with E-state index in [1.54, 1.807) is 31.5 Å². The van der Waals surface area contributed by atoms with Gasteiger partial charge in [-0.05, 0) is 19.1 Å². The summed E-state index contributed by atoms with van der Waals surface area (Å²) in [6, 6.07) is 3.58. The van der Waals surface area contributed by atoms with Gasteiger partial charge in [-0.25, -0.2) is 4.98 Å². The molecule has 0 aliphatic carbocycles. The highest BCUT2D eigenvalue weighted by Crippen LogP contribution is 2.09. The van der Waals surface area contributed by atoms with E-state index in [0.717, 1.165) is 10.4 Å². The Morgan fingerprint density at radius 2 is 2.25 bits per heavy atom. The molecule has 0 aliphatic heterocycles. The Balaban J connectivity index is 2.37. The van der Waals surface area contributed by atoms with Gasteiger partial charge in [0.25, 0.3) is 5.56 Å². The smallest absolute Gasteiger partial charge is 0.276 e. The fourth-order valence-electron chi connectivity index (χ4n) is 1.22. The first kappa shape index (κ1) is 10.2. The van der Waals surface area contributed by atoms with E-state index in [-0.39, 0.29) is 11.5 Å². The van der Waals surface area contributed by atoms with Crippen LogP contribution in [0.3, 0.4) is 0 Å². The van der Waals surface area contributed by atoms with Crippen LogP contribution < -0.4 is 16.7 Å². The fraction of sp³-hybridized carbons (Fsp3) is 0.100. The third-order valence-electron chi connectivity index (χ3n) is 2.08. The maximum absolute atomic E-state index is 11.5. The van der Waals surface area contributed by atoms with Crippen LogP contribution in [0.1, 0.15) is 5.56 Å². The first-order valence-corrected chi connectivity index (χ1v) is 4.69. The van der Waals surface area contributed by atoms with Crippen molar-refractivity contribution in [3.05, 3.63) is 46.6 Å². The Morgan fingerprint density at radius 3 is 2.94 bits per heavy atom. The summed E-state index contributed by atoms with van der Waals surface area (Å²) in [4.78, 5) is 19.5. The lowest BCUT2D eigenvalue weighted by Crippen LogP contribution is -2.31. The summed E-state index contributed by atoms with van der Waals surface area (Å²) in [5.74, 6) is 5.87. The number of hydrogen-bond donors (Lipinski definition) is 2. The molecule has 0 saturated carbocycles. The molecule has 0 bridgehead atoms. The highest BCUT2D eigenvalue weighted by atomic mass is 16.1. The normalized spacial score (nSPS) is 10.1. The zero-order chi connectivity index (χ0) is 11.5. The van der Waals surface area contributed by atoms with Crippen molar-refractivity contribution in [1.29, 1.82) is 0 Å². The minimum absolute atomic E-state index is 0.276. The standard InChI is InChI=1S/C10H11N5O/c1-7-5-13-10(15(11)9(7)16)14-8-3-2-4-12-6-8/h2-6H,11H2,1H3,(H,13,14). The second-order valence-corrected chi connectivity index (χ2v) is 3.31. The quantitative estimate of drug-likeness (QED) is 0.711. The summed E-state index contributed by atoms with van der Waals surface area (Å²) in [5, 5.41) is 2.90. The van der Waals surface area contributed by atoms with Gasteiger partial charge < -0.3 is 11.2 Å². The van der Waals surface area contributed by atoms with Crippen LogP contribution in [-0.2, 0) is 0 Å². The van der Waals surface area contributed by atoms with Gasteiger partial charge in [0.05, 0.1) is 11.9 Å². The number of nitrogens with one attached hydrogen (secondary N) is 1. The minimum Gasteiger partial charge on any atom is -0.333 e. The summed E-state index contributed by atoms with van der Waals surface area (Å²) in [6.07, 6.45) is 4.75. The van der Waals surface area contributed by atoms with Crippen molar-refractivity contribution < 1.29 is 0 Å². The molecule has 0 spiro atoms. The largest absolute Gasteiger partial charge is 0.333 e. The third-order valence-corrected chi connectivity index (χ3v) is 2.08. The number of nitrogens with zero attached hydrogens (tertiary/aromatic N) is 3. The molecule has 3 N–H and O–H groups in total. The second kappa shape index (κ2) is 4.01. The summed E-state index contributed by atoms with van der Waals surface area (Å²) in [5.41, 5.74) is 0.943. The van der Waals surface area contributed by atoms with Crippen LogP contribution in [0.15, 0.2) is 35.5 Å². The Kier molecular flexibility index (Phi) is 2.55. The lowest BCUT2D eigenvalue weighted by Gasteiger charge is -2.08. The van der Waals surface area contributed by atoms with Crippen molar-refractivity contribution in [1.82, 2.24) is 14.6 Å². The van der Waals surface area contributed by atoms with Crippen LogP contribution in [0.5, 0.6) is 0 Å². The topological polar surface area (TPSA) is 85.8 Å². The SMILES string of the molecule is Cc1cnc(Nc2cccnc2)n(N)c1=O. The molecule has 0 aromatic carbocycles.